The molecule has 1 aromatic carbocycles. The fourth-order valence-electron chi connectivity index (χ4n) is 3.14. The van der Waals surface area contributed by atoms with Crippen LogP contribution in [-0.2, 0) is 4.74 Å². The molecule has 1 saturated carbocycles. The van der Waals surface area contributed by atoms with E-state index in [-0.39, 0.29) is 0 Å². The highest BCUT2D eigenvalue weighted by molar-refractivity contribution is 5.36. The zero-order chi connectivity index (χ0) is 14.5. The lowest BCUT2D eigenvalue weighted by Gasteiger charge is -2.37. The first-order valence-electron chi connectivity index (χ1n) is 7.61. The van der Waals surface area contributed by atoms with Gasteiger partial charge in [0.15, 0.2) is 0 Å². The largest absolute Gasteiger partial charge is 0.497 e. The highest BCUT2D eigenvalue weighted by atomic mass is 16.5. The van der Waals surface area contributed by atoms with Gasteiger partial charge in [-0.2, -0.15) is 0 Å². The Morgan fingerprint density at radius 3 is 2.65 bits per heavy atom. The maximum Gasteiger partial charge on any atom is 0.119 e. The van der Waals surface area contributed by atoms with Crippen molar-refractivity contribution in [3.63, 3.8) is 0 Å². The Bertz CT molecular complexity index is 427. The van der Waals surface area contributed by atoms with Gasteiger partial charge in [-0.1, -0.05) is 6.07 Å². The summed E-state index contributed by atoms with van der Waals surface area (Å²) in [6, 6.07) is 6.78. The zero-order valence-corrected chi connectivity index (χ0v) is 13.1. The van der Waals surface area contributed by atoms with Crippen molar-refractivity contribution in [3.8, 4) is 5.75 Å². The lowest BCUT2D eigenvalue weighted by atomic mass is 9.77. The fraction of sp³-hybridized carbons (Fsp3) is 0.647. The summed E-state index contributed by atoms with van der Waals surface area (Å²) in [4.78, 5) is 0. The average Bonchev–Trinajstić information content (AvgIpc) is 2.42. The predicted molar refractivity (Wildman–Crippen MR) is 82.3 cm³/mol. The van der Waals surface area contributed by atoms with E-state index in [1.807, 2.05) is 7.05 Å². The molecule has 0 amide bonds. The summed E-state index contributed by atoms with van der Waals surface area (Å²) in [5.74, 6) is 1.71. The number of aryl methyl sites for hydroxylation is 1. The van der Waals surface area contributed by atoms with E-state index in [9.17, 15) is 0 Å². The Labute approximate surface area is 122 Å². The third kappa shape index (κ3) is 3.53. The maximum atomic E-state index is 5.65. The van der Waals surface area contributed by atoms with Gasteiger partial charge >= 0.3 is 0 Å². The van der Waals surface area contributed by atoms with Crippen molar-refractivity contribution in [1.29, 1.82) is 0 Å². The van der Waals surface area contributed by atoms with Gasteiger partial charge in [0, 0.05) is 12.6 Å². The third-order valence-electron chi connectivity index (χ3n) is 4.36. The van der Waals surface area contributed by atoms with Gasteiger partial charge < -0.3 is 14.8 Å². The van der Waals surface area contributed by atoms with Gasteiger partial charge in [-0.15, -0.1) is 0 Å². The van der Waals surface area contributed by atoms with Crippen molar-refractivity contribution in [3.05, 3.63) is 29.3 Å². The van der Waals surface area contributed by atoms with Crippen molar-refractivity contribution in [1.82, 2.24) is 5.32 Å². The number of ether oxygens (including phenoxy) is 2. The average molecular weight is 277 g/mol. The van der Waals surface area contributed by atoms with Gasteiger partial charge in [-0.05, 0) is 69.3 Å². The summed E-state index contributed by atoms with van der Waals surface area (Å²) >= 11 is 0. The van der Waals surface area contributed by atoms with E-state index in [0.29, 0.717) is 12.1 Å². The minimum atomic E-state index is 0.425. The van der Waals surface area contributed by atoms with Crippen molar-refractivity contribution in [2.45, 2.75) is 45.3 Å². The van der Waals surface area contributed by atoms with Crippen LogP contribution in [0.15, 0.2) is 18.2 Å². The second kappa shape index (κ2) is 7.09. The van der Waals surface area contributed by atoms with E-state index < -0.39 is 0 Å². The fourth-order valence-corrected chi connectivity index (χ4v) is 3.14. The van der Waals surface area contributed by atoms with Gasteiger partial charge in [-0.3, -0.25) is 0 Å². The van der Waals surface area contributed by atoms with Crippen molar-refractivity contribution >= 4 is 0 Å². The number of rotatable bonds is 7. The van der Waals surface area contributed by atoms with Crippen LogP contribution in [0.3, 0.4) is 0 Å². The minimum Gasteiger partial charge on any atom is -0.497 e. The summed E-state index contributed by atoms with van der Waals surface area (Å²) in [5, 5.41) is 3.46. The molecule has 1 fully saturated rings. The number of hydrogen-bond acceptors (Lipinski definition) is 3. The molecule has 1 aromatic rings. The van der Waals surface area contributed by atoms with E-state index in [1.165, 1.54) is 30.4 Å². The Kier molecular flexibility index (Phi) is 5.44. The lowest BCUT2D eigenvalue weighted by molar-refractivity contribution is -0.0289. The Morgan fingerprint density at radius 2 is 2.10 bits per heavy atom. The predicted octanol–water partition coefficient (Wildman–Crippen LogP) is 3.47. The highest BCUT2D eigenvalue weighted by Gasteiger charge is 2.31. The van der Waals surface area contributed by atoms with Gasteiger partial charge in [0.25, 0.3) is 0 Å². The van der Waals surface area contributed by atoms with Crippen molar-refractivity contribution < 1.29 is 9.47 Å². The van der Waals surface area contributed by atoms with Crippen LogP contribution in [0.4, 0.5) is 0 Å². The van der Waals surface area contributed by atoms with Crippen LogP contribution in [0.2, 0.25) is 0 Å². The van der Waals surface area contributed by atoms with Gasteiger partial charge in [0.05, 0.1) is 13.2 Å². The molecule has 3 heteroatoms. The highest BCUT2D eigenvalue weighted by Crippen LogP contribution is 2.37. The van der Waals surface area contributed by atoms with Crippen molar-refractivity contribution in [2.24, 2.45) is 5.92 Å². The van der Waals surface area contributed by atoms with Crippen LogP contribution < -0.4 is 10.1 Å². The summed E-state index contributed by atoms with van der Waals surface area (Å²) in [6.07, 6.45) is 4.11. The Balaban J connectivity index is 1.95. The van der Waals surface area contributed by atoms with Crippen LogP contribution in [0.1, 0.15) is 43.4 Å². The third-order valence-corrected chi connectivity index (χ3v) is 4.36. The van der Waals surface area contributed by atoms with E-state index in [0.717, 1.165) is 18.3 Å². The molecule has 1 atom stereocenters. The first kappa shape index (κ1) is 15.3. The normalized spacial score (nSPS) is 23.2. The monoisotopic (exact) mass is 277 g/mol. The molecule has 3 nitrogen and oxygen atoms in total. The van der Waals surface area contributed by atoms with Crippen LogP contribution in [0.5, 0.6) is 5.75 Å². The molecule has 112 valence electrons. The molecular weight excluding hydrogens is 250 g/mol. The summed E-state index contributed by atoms with van der Waals surface area (Å²) in [6.45, 7) is 5.07. The molecule has 20 heavy (non-hydrogen) atoms. The molecule has 1 N–H and O–H groups in total. The van der Waals surface area contributed by atoms with Crippen LogP contribution in [0.25, 0.3) is 0 Å². The molecule has 1 unspecified atom stereocenters. The molecule has 0 aliphatic heterocycles. The van der Waals surface area contributed by atoms with Gasteiger partial charge in [0.2, 0.25) is 0 Å². The quantitative estimate of drug-likeness (QED) is 0.828. The SMILES string of the molecule is CCOC1CC(CC(NC)c2ccc(OC)cc2C)C1. The minimum absolute atomic E-state index is 0.425. The van der Waals surface area contributed by atoms with Gasteiger partial charge in [-0.25, -0.2) is 0 Å². The van der Waals surface area contributed by atoms with Crippen molar-refractivity contribution in [2.75, 3.05) is 20.8 Å². The maximum absolute atomic E-state index is 5.65. The molecular formula is C17H27NO2. The zero-order valence-electron chi connectivity index (χ0n) is 13.1. The summed E-state index contributed by atoms with van der Waals surface area (Å²) in [5.41, 5.74) is 2.68. The Hall–Kier alpha value is -1.06. The topological polar surface area (TPSA) is 30.5 Å². The van der Waals surface area contributed by atoms with Gasteiger partial charge in [0.1, 0.15) is 5.75 Å². The molecule has 0 bridgehead atoms. The second-order valence-corrected chi connectivity index (χ2v) is 5.71. The number of benzene rings is 1. The van der Waals surface area contributed by atoms with E-state index in [1.54, 1.807) is 7.11 Å². The summed E-state index contributed by atoms with van der Waals surface area (Å²) < 4.78 is 10.9. The molecule has 2 rings (SSSR count). The molecule has 1 aliphatic rings. The lowest BCUT2D eigenvalue weighted by Crippen LogP contribution is -2.34. The Morgan fingerprint density at radius 1 is 1.35 bits per heavy atom. The number of hydrogen-bond donors (Lipinski definition) is 1. The first-order valence-corrected chi connectivity index (χ1v) is 7.61. The molecule has 0 spiro atoms. The van der Waals surface area contributed by atoms with E-state index >= 15 is 0 Å². The summed E-state index contributed by atoms with van der Waals surface area (Å²) in [7, 11) is 3.76. The molecule has 0 saturated heterocycles. The molecule has 1 aliphatic carbocycles. The van der Waals surface area contributed by atoms with Crippen LogP contribution in [0, 0.1) is 12.8 Å². The van der Waals surface area contributed by atoms with Crippen LogP contribution in [-0.4, -0.2) is 26.9 Å². The number of nitrogens with one attached hydrogen (secondary N) is 1. The smallest absolute Gasteiger partial charge is 0.119 e. The van der Waals surface area contributed by atoms with E-state index in [4.69, 9.17) is 9.47 Å². The molecule has 0 heterocycles. The first-order chi connectivity index (χ1) is 9.67. The second-order valence-electron chi connectivity index (χ2n) is 5.71. The molecule has 0 radical (unpaired) electrons. The van der Waals surface area contributed by atoms with E-state index in [2.05, 4.69) is 37.4 Å². The van der Waals surface area contributed by atoms with Crippen LogP contribution >= 0.6 is 0 Å². The number of methoxy groups -OCH3 is 1. The molecule has 0 aromatic heterocycles. The standard InChI is InChI=1S/C17H27NO2/c1-5-20-15-9-13(10-15)11-17(18-3)16-7-6-14(19-4)8-12(16)2/h6-8,13,15,17-18H,5,9-11H2,1-4H3.